The summed E-state index contributed by atoms with van der Waals surface area (Å²) in [6.45, 7) is 7.44. The second kappa shape index (κ2) is 7.24. The van der Waals surface area contributed by atoms with Crippen molar-refractivity contribution in [1.29, 1.82) is 0 Å². The zero-order valence-electron chi connectivity index (χ0n) is 10.5. The molecule has 2 heteroatoms. The number of hydrogen-bond acceptors (Lipinski definition) is 2. The van der Waals surface area contributed by atoms with Crippen LogP contribution in [-0.2, 0) is 4.74 Å². The van der Waals surface area contributed by atoms with Crippen LogP contribution in [0.25, 0.3) is 0 Å². The van der Waals surface area contributed by atoms with Gasteiger partial charge in [0.05, 0.1) is 5.60 Å². The number of likely N-dealkylation sites (N-methyl/N-ethyl adjacent to an activating group) is 1. The van der Waals surface area contributed by atoms with Crippen molar-refractivity contribution in [3.63, 3.8) is 0 Å². The minimum absolute atomic E-state index is 0.170. The molecule has 0 aromatic rings. The van der Waals surface area contributed by atoms with Gasteiger partial charge < -0.3 is 10.1 Å². The first-order chi connectivity index (χ1) is 7.33. The molecular formula is C13H27NO. The molecule has 1 aliphatic carbocycles. The molecule has 1 rings (SSSR count). The predicted octanol–water partition coefficient (Wildman–Crippen LogP) is 3.12. The molecule has 0 heterocycles. The van der Waals surface area contributed by atoms with E-state index < -0.39 is 0 Å². The van der Waals surface area contributed by atoms with Crippen LogP contribution < -0.4 is 5.32 Å². The van der Waals surface area contributed by atoms with Crippen LogP contribution in [-0.4, -0.2) is 25.3 Å². The number of ether oxygens (including phenoxy) is 1. The van der Waals surface area contributed by atoms with Gasteiger partial charge in [0.25, 0.3) is 0 Å². The van der Waals surface area contributed by atoms with Gasteiger partial charge >= 0.3 is 0 Å². The zero-order valence-corrected chi connectivity index (χ0v) is 10.5. The minimum atomic E-state index is 0.170. The van der Waals surface area contributed by atoms with Crippen LogP contribution in [0.1, 0.15) is 58.8 Å². The quantitative estimate of drug-likeness (QED) is 0.656. The van der Waals surface area contributed by atoms with Gasteiger partial charge in [-0.25, -0.2) is 0 Å². The summed E-state index contributed by atoms with van der Waals surface area (Å²) < 4.78 is 6.15. The molecule has 0 aromatic heterocycles. The molecule has 0 aliphatic heterocycles. The van der Waals surface area contributed by atoms with Crippen molar-refractivity contribution in [3.05, 3.63) is 0 Å². The largest absolute Gasteiger partial charge is 0.374 e. The van der Waals surface area contributed by atoms with Gasteiger partial charge in [0.15, 0.2) is 0 Å². The molecule has 1 fully saturated rings. The molecule has 0 saturated heterocycles. The van der Waals surface area contributed by atoms with Crippen LogP contribution in [0.3, 0.4) is 0 Å². The summed E-state index contributed by atoms with van der Waals surface area (Å²) >= 11 is 0. The van der Waals surface area contributed by atoms with E-state index in [-0.39, 0.29) is 5.60 Å². The van der Waals surface area contributed by atoms with Crippen molar-refractivity contribution in [2.75, 3.05) is 19.7 Å². The van der Waals surface area contributed by atoms with E-state index in [9.17, 15) is 0 Å². The Hall–Kier alpha value is -0.0800. The average molecular weight is 213 g/mol. The van der Waals surface area contributed by atoms with E-state index in [1.165, 1.54) is 44.9 Å². The van der Waals surface area contributed by atoms with Crippen molar-refractivity contribution < 1.29 is 4.74 Å². The number of nitrogens with one attached hydrogen (secondary N) is 1. The standard InChI is InChI=1S/C13H27NO/c1-3-5-11-15-13(12-14-4-2)9-7-6-8-10-13/h14H,3-12H2,1-2H3. The topological polar surface area (TPSA) is 21.3 Å². The van der Waals surface area contributed by atoms with Crippen LogP contribution in [0.5, 0.6) is 0 Å². The maximum Gasteiger partial charge on any atom is 0.0806 e. The van der Waals surface area contributed by atoms with Gasteiger partial charge in [-0.2, -0.15) is 0 Å². The fraction of sp³-hybridized carbons (Fsp3) is 1.00. The highest BCUT2D eigenvalue weighted by Gasteiger charge is 2.32. The van der Waals surface area contributed by atoms with Crippen LogP contribution >= 0.6 is 0 Å². The lowest BCUT2D eigenvalue weighted by Crippen LogP contribution is -2.45. The summed E-state index contributed by atoms with van der Waals surface area (Å²) in [5, 5.41) is 3.46. The average Bonchev–Trinajstić information content (AvgIpc) is 2.28. The minimum Gasteiger partial charge on any atom is -0.374 e. The fourth-order valence-corrected chi connectivity index (χ4v) is 2.35. The van der Waals surface area contributed by atoms with Gasteiger partial charge in [-0.05, 0) is 25.8 Å². The Morgan fingerprint density at radius 3 is 2.47 bits per heavy atom. The predicted molar refractivity (Wildman–Crippen MR) is 65.2 cm³/mol. The van der Waals surface area contributed by atoms with Crippen molar-refractivity contribution in [2.45, 2.75) is 64.4 Å². The highest BCUT2D eigenvalue weighted by molar-refractivity contribution is 4.86. The van der Waals surface area contributed by atoms with Gasteiger partial charge in [0, 0.05) is 13.2 Å². The second-order valence-electron chi connectivity index (χ2n) is 4.73. The summed E-state index contributed by atoms with van der Waals surface area (Å²) in [7, 11) is 0. The number of hydrogen-bond donors (Lipinski definition) is 1. The second-order valence-corrected chi connectivity index (χ2v) is 4.73. The van der Waals surface area contributed by atoms with Crippen molar-refractivity contribution in [1.82, 2.24) is 5.32 Å². The maximum atomic E-state index is 6.15. The molecule has 0 spiro atoms. The van der Waals surface area contributed by atoms with Gasteiger partial charge in [-0.3, -0.25) is 0 Å². The van der Waals surface area contributed by atoms with Crippen LogP contribution in [0.15, 0.2) is 0 Å². The lowest BCUT2D eigenvalue weighted by atomic mass is 9.84. The Bertz CT molecular complexity index is 153. The third-order valence-corrected chi connectivity index (χ3v) is 3.37. The molecule has 0 atom stereocenters. The first-order valence-electron chi connectivity index (χ1n) is 6.67. The summed E-state index contributed by atoms with van der Waals surface area (Å²) in [6, 6.07) is 0. The summed E-state index contributed by atoms with van der Waals surface area (Å²) in [5.41, 5.74) is 0.170. The number of rotatable bonds is 7. The Balaban J connectivity index is 2.35. The normalized spacial score (nSPS) is 20.4. The number of unbranched alkanes of at least 4 members (excludes halogenated alkanes) is 1. The molecule has 1 saturated carbocycles. The molecule has 90 valence electrons. The molecule has 0 unspecified atom stereocenters. The summed E-state index contributed by atoms with van der Waals surface area (Å²) in [5.74, 6) is 0. The fourth-order valence-electron chi connectivity index (χ4n) is 2.35. The van der Waals surface area contributed by atoms with E-state index in [2.05, 4.69) is 19.2 Å². The molecule has 0 bridgehead atoms. The van der Waals surface area contributed by atoms with E-state index in [4.69, 9.17) is 4.74 Å². The van der Waals surface area contributed by atoms with Crippen LogP contribution in [0, 0.1) is 0 Å². The monoisotopic (exact) mass is 213 g/mol. The molecule has 1 aliphatic rings. The third kappa shape index (κ3) is 4.52. The molecule has 0 radical (unpaired) electrons. The Morgan fingerprint density at radius 1 is 1.13 bits per heavy atom. The Labute approximate surface area is 94.8 Å². The van der Waals surface area contributed by atoms with E-state index in [1.54, 1.807) is 0 Å². The van der Waals surface area contributed by atoms with Gasteiger partial charge in [-0.1, -0.05) is 39.5 Å². The molecule has 0 amide bonds. The van der Waals surface area contributed by atoms with Crippen LogP contribution in [0.2, 0.25) is 0 Å². The smallest absolute Gasteiger partial charge is 0.0806 e. The lowest BCUT2D eigenvalue weighted by Gasteiger charge is -2.37. The van der Waals surface area contributed by atoms with Gasteiger partial charge in [0.2, 0.25) is 0 Å². The van der Waals surface area contributed by atoms with Crippen molar-refractivity contribution >= 4 is 0 Å². The molecule has 15 heavy (non-hydrogen) atoms. The highest BCUT2D eigenvalue weighted by Crippen LogP contribution is 2.31. The Morgan fingerprint density at radius 2 is 1.87 bits per heavy atom. The molecule has 0 aromatic carbocycles. The third-order valence-electron chi connectivity index (χ3n) is 3.37. The van der Waals surface area contributed by atoms with Gasteiger partial charge in [0.1, 0.15) is 0 Å². The van der Waals surface area contributed by atoms with E-state index in [0.29, 0.717) is 0 Å². The van der Waals surface area contributed by atoms with Crippen molar-refractivity contribution in [3.8, 4) is 0 Å². The molecular weight excluding hydrogens is 186 g/mol. The summed E-state index contributed by atoms with van der Waals surface area (Å²) in [4.78, 5) is 0. The van der Waals surface area contributed by atoms with E-state index in [0.717, 1.165) is 19.7 Å². The SMILES string of the molecule is CCCCOC1(CNCC)CCCCC1. The first kappa shape index (κ1) is 13.0. The van der Waals surface area contributed by atoms with E-state index >= 15 is 0 Å². The highest BCUT2D eigenvalue weighted by atomic mass is 16.5. The zero-order chi connectivity index (χ0) is 11.0. The van der Waals surface area contributed by atoms with Crippen LogP contribution in [0.4, 0.5) is 0 Å². The summed E-state index contributed by atoms with van der Waals surface area (Å²) in [6.07, 6.45) is 9.03. The Kier molecular flexibility index (Phi) is 6.26. The molecule has 1 N–H and O–H groups in total. The van der Waals surface area contributed by atoms with Crippen molar-refractivity contribution in [2.24, 2.45) is 0 Å². The van der Waals surface area contributed by atoms with Gasteiger partial charge in [-0.15, -0.1) is 0 Å². The molecule has 2 nitrogen and oxygen atoms in total. The first-order valence-corrected chi connectivity index (χ1v) is 6.67. The van der Waals surface area contributed by atoms with E-state index in [1.807, 2.05) is 0 Å². The maximum absolute atomic E-state index is 6.15. The lowest BCUT2D eigenvalue weighted by molar-refractivity contribution is -0.0690.